The molecule has 2 aliphatic rings. The third-order valence-corrected chi connectivity index (χ3v) is 5.56. The van der Waals surface area contributed by atoms with Crippen molar-refractivity contribution < 1.29 is 9.90 Å². The predicted octanol–water partition coefficient (Wildman–Crippen LogP) is 5.28. The third kappa shape index (κ3) is 2.46. The minimum absolute atomic E-state index is 0.123. The van der Waals surface area contributed by atoms with Crippen LogP contribution in [0.4, 0.5) is 5.69 Å². The Morgan fingerprint density at radius 3 is 2.71 bits per heavy atom. The summed E-state index contributed by atoms with van der Waals surface area (Å²) in [6.45, 7) is 2.08. The van der Waals surface area contributed by atoms with E-state index in [1.165, 1.54) is 11.1 Å². The monoisotopic (exact) mass is 383 g/mol. The van der Waals surface area contributed by atoms with Gasteiger partial charge in [-0.15, -0.1) is 0 Å². The van der Waals surface area contributed by atoms with E-state index in [4.69, 9.17) is 0 Å². The van der Waals surface area contributed by atoms with E-state index in [-0.39, 0.29) is 12.0 Å². The Morgan fingerprint density at radius 1 is 1.25 bits per heavy atom. The number of rotatable bonds is 2. The highest BCUT2D eigenvalue weighted by molar-refractivity contribution is 9.10. The first-order valence-electron chi connectivity index (χ1n) is 8.11. The highest BCUT2D eigenvalue weighted by atomic mass is 79.9. The summed E-state index contributed by atoms with van der Waals surface area (Å²) in [5, 5.41) is 13.2. The minimum Gasteiger partial charge on any atom is -0.478 e. The van der Waals surface area contributed by atoms with Gasteiger partial charge in [0, 0.05) is 10.4 Å². The summed E-state index contributed by atoms with van der Waals surface area (Å²) in [6.07, 6.45) is 5.45. The molecule has 0 unspecified atom stereocenters. The topological polar surface area (TPSA) is 49.3 Å². The molecular weight excluding hydrogens is 366 g/mol. The fourth-order valence-electron chi connectivity index (χ4n) is 3.94. The van der Waals surface area contributed by atoms with Crippen molar-refractivity contribution in [3.8, 4) is 0 Å². The molecular formula is C20H18BrNO2. The van der Waals surface area contributed by atoms with Crippen LogP contribution in [0.5, 0.6) is 0 Å². The highest BCUT2D eigenvalue weighted by Crippen LogP contribution is 2.51. The van der Waals surface area contributed by atoms with Crippen LogP contribution in [0.1, 0.15) is 45.4 Å². The van der Waals surface area contributed by atoms with Gasteiger partial charge in [-0.05, 0) is 42.5 Å². The molecule has 0 saturated carbocycles. The number of aromatic carboxylic acids is 1. The highest BCUT2D eigenvalue weighted by Gasteiger charge is 2.39. The molecule has 0 amide bonds. The van der Waals surface area contributed by atoms with E-state index in [2.05, 4.69) is 64.6 Å². The van der Waals surface area contributed by atoms with E-state index in [1.54, 1.807) is 6.07 Å². The van der Waals surface area contributed by atoms with Gasteiger partial charge in [-0.1, -0.05) is 57.9 Å². The number of aryl methyl sites for hydroxylation is 1. The molecule has 24 heavy (non-hydrogen) atoms. The molecule has 0 fully saturated rings. The van der Waals surface area contributed by atoms with Gasteiger partial charge < -0.3 is 10.4 Å². The molecule has 0 radical (unpaired) electrons. The van der Waals surface area contributed by atoms with Gasteiger partial charge in [-0.25, -0.2) is 4.79 Å². The van der Waals surface area contributed by atoms with Crippen molar-refractivity contribution in [1.82, 2.24) is 0 Å². The Bertz CT molecular complexity index is 841. The second-order valence-electron chi connectivity index (χ2n) is 6.61. The van der Waals surface area contributed by atoms with Gasteiger partial charge in [0.05, 0.1) is 17.3 Å². The number of carboxylic acids is 1. The SMILES string of the molecule is Cc1ccc([C@@H]2Nc3c(C(=O)O)cc(Br)cc3[C@H]3C=CC[C@@H]32)cc1. The lowest BCUT2D eigenvalue weighted by atomic mass is 9.76. The van der Waals surface area contributed by atoms with Crippen molar-refractivity contribution in [2.45, 2.75) is 25.3 Å². The van der Waals surface area contributed by atoms with Gasteiger partial charge in [0.15, 0.2) is 0 Å². The molecule has 0 aromatic heterocycles. The van der Waals surface area contributed by atoms with Gasteiger partial charge in [-0.2, -0.15) is 0 Å². The van der Waals surface area contributed by atoms with Gasteiger partial charge in [0.2, 0.25) is 0 Å². The molecule has 2 aromatic rings. The zero-order valence-corrected chi connectivity index (χ0v) is 14.9. The molecule has 0 spiro atoms. The maximum Gasteiger partial charge on any atom is 0.337 e. The summed E-state index contributed by atoms with van der Waals surface area (Å²) in [4.78, 5) is 11.7. The largest absolute Gasteiger partial charge is 0.478 e. The summed E-state index contributed by atoms with van der Waals surface area (Å²) in [6, 6.07) is 12.4. The fourth-order valence-corrected chi connectivity index (χ4v) is 4.41. The zero-order chi connectivity index (χ0) is 16.8. The first kappa shape index (κ1) is 15.5. The smallest absolute Gasteiger partial charge is 0.337 e. The van der Waals surface area contributed by atoms with Crippen LogP contribution in [0.25, 0.3) is 0 Å². The molecule has 4 heteroatoms. The van der Waals surface area contributed by atoms with Crippen molar-refractivity contribution in [2.24, 2.45) is 5.92 Å². The number of anilines is 1. The summed E-state index contributed by atoms with van der Waals surface area (Å²) in [5.74, 6) is -0.234. The third-order valence-electron chi connectivity index (χ3n) is 5.10. The number of benzene rings is 2. The van der Waals surface area contributed by atoms with Crippen molar-refractivity contribution in [2.75, 3.05) is 5.32 Å². The van der Waals surface area contributed by atoms with Crippen LogP contribution >= 0.6 is 15.9 Å². The van der Waals surface area contributed by atoms with Gasteiger partial charge in [-0.3, -0.25) is 0 Å². The number of hydrogen-bond acceptors (Lipinski definition) is 2. The molecule has 3 nitrogen and oxygen atoms in total. The van der Waals surface area contributed by atoms with Crippen molar-refractivity contribution in [3.63, 3.8) is 0 Å². The molecule has 3 atom stereocenters. The van der Waals surface area contributed by atoms with Crippen LogP contribution in [0.15, 0.2) is 53.0 Å². The Morgan fingerprint density at radius 2 is 2.00 bits per heavy atom. The van der Waals surface area contributed by atoms with Gasteiger partial charge in [0.25, 0.3) is 0 Å². The van der Waals surface area contributed by atoms with E-state index in [1.807, 2.05) is 6.07 Å². The maximum atomic E-state index is 11.7. The van der Waals surface area contributed by atoms with E-state index in [0.717, 1.165) is 22.1 Å². The normalized spacial score (nSPS) is 24.2. The Labute approximate surface area is 149 Å². The number of fused-ring (bicyclic) bond motifs is 3. The van der Waals surface area contributed by atoms with E-state index in [0.29, 0.717) is 11.5 Å². The number of nitrogens with one attached hydrogen (secondary N) is 1. The van der Waals surface area contributed by atoms with Crippen LogP contribution in [-0.4, -0.2) is 11.1 Å². The molecule has 0 bridgehead atoms. The Kier molecular flexibility index (Phi) is 3.72. The molecule has 1 aliphatic carbocycles. The second kappa shape index (κ2) is 5.78. The summed E-state index contributed by atoms with van der Waals surface area (Å²) in [7, 11) is 0. The zero-order valence-electron chi connectivity index (χ0n) is 13.3. The first-order chi connectivity index (χ1) is 11.5. The van der Waals surface area contributed by atoms with Gasteiger partial charge in [0.1, 0.15) is 0 Å². The molecule has 2 aromatic carbocycles. The molecule has 0 saturated heterocycles. The average molecular weight is 384 g/mol. The fraction of sp³-hybridized carbons (Fsp3) is 0.250. The quantitative estimate of drug-likeness (QED) is 0.693. The van der Waals surface area contributed by atoms with Crippen molar-refractivity contribution >= 4 is 27.6 Å². The molecule has 1 heterocycles. The lowest BCUT2D eigenvalue weighted by molar-refractivity contribution is 0.0697. The first-order valence-corrected chi connectivity index (χ1v) is 8.90. The maximum absolute atomic E-state index is 11.7. The van der Waals surface area contributed by atoms with Crippen LogP contribution in [0.3, 0.4) is 0 Å². The van der Waals surface area contributed by atoms with Gasteiger partial charge >= 0.3 is 5.97 Å². The van der Waals surface area contributed by atoms with Crippen LogP contribution < -0.4 is 5.32 Å². The lowest BCUT2D eigenvalue weighted by Gasteiger charge is -2.38. The Hall–Kier alpha value is -2.07. The van der Waals surface area contributed by atoms with Crippen LogP contribution in [0.2, 0.25) is 0 Å². The van der Waals surface area contributed by atoms with E-state index in [9.17, 15) is 9.90 Å². The average Bonchev–Trinajstić information content (AvgIpc) is 3.04. The van der Waals surface area contributed by atoms with E-state index < -0.39 is 5.97 Å². The Balaban J connectivity index is 1.86. The molecule has 122 valence electrons. The summed E-state index contributed by atoms with van der Waals surface area (Å²) in [5.41, 5.74) is 4.60. The molecule has 2 N–H and O–H groups in total. The van der Waals surface area contributed by atoms with E-state index >= 15 is 0 Å². The number of carbonyl (C=O) groups is 1. The molecule has 4 rings (SSSR count). The van der Waals surface area contributed by atoms with Crippen molar-refractivity contribution in [1.29, 1.82) is 0 Å². The second-order valence-corrected chi connectivity index (χ2v) is 7.52. The lowest BCUT2D eigenvalue weighted by Crippen LogP contribution is -2.30. The number of hydrogen-bond donors (Lipinski definition) is 2. The van der Waals surface area contributed by atoms with Crippen LogP contribution in [-0.2, 0) is 0 Å². The van der Waals surface area contributed by atoms with Crippen LogP contribution in [0, 0.1) is 12.8 Å². The molecule has 1 aliphatic heterocycles. The summed E-state index contributed by atoms with van der Waals surface area (Å²) >= 11 is 3.46. The number of carboxylic acid groups (broad SMARTS) is 1. The van der Waals surface area contributed by atoms with Crippen molar-refractivity contribution in [3.05, 3.63) is 75.3 Å². The minimum atomic E-state index is -0.900. The number of halogens is 1. The standard InChI is InChI=1S/C20H18BrNO2/c1-11-5-7-12(8-6-11)18-15-4-2-3-14(15)16-9-13(21)10-17(20(23)24)19(16)22-18/h2-3,5-10,14-15,18,22H,4H2,1H3,(H,23,24)/t14-,15-,18-/m0/s1. The summed E-state index contributed by atoms with van der Waals surface area (Å²) < 4.78 is 0.813. The predicted molar refractivity (Wildman–Crippen MR) is 98.6 cm³/mol. The number of allylic oxidation sites excluding steroid dienone is 2.